The first-order valence-electron chi connectivity index (χ1n) is 30.4. The molecule has 2 saturated heterocycles. The molecule has 2 aliphatic rings. The molecule has 6 aromatic heterocycles. The predicted octanol–water partition coefficient (Wildman–Crippen LogP) is 3.01. The standard InChI is InChI=1S/C33H42N7O8P.C25H26N7O8P.C4H11NO3/c1-22-35-20-40(36-22)29-27-26(25(45-8)18-34-29)24(19-39(27)21-46-49(44,47-32(2,3)4)48-33(5,6)7)28(41)31(43)38-16-14-37(15-17-38)30(42)23-12-10-9-11-13-23;1-16-27-14-32(28-16)23-21-20(19(39-2)12-26-23)18(13-31(21)15-40-41(36,37)38)22(33)25(35)30-10-8-29(9-11-30)24(34)17-6-4-3-5-7-17;5-4(1-6,2-7)3-8/h9-13,18-20H,14-17,21H2,1-8H3;3-7,12-14H,8-11,15H2,1-2H3,(H2,36,37,38);6-8H,1-3,5H2/p-1. The van der Waals surface area contributed by atoms with Crippen LogP contribution in [0.2, 0.25) is 0 Å². The summed E-state index contributed by atoms with van der Waals surface area (Å²) in [6.07, 6.45) is 8.24. The number of pyridine rings is 2. The Kier molecular flexibility index (Phi) is 23.8. The fourth-order valence-corrected chi connectivity index (χ4v) is 12.1. The summed E-state index contributed by atoms with van der Waals surface area (Å²) in [7, 11) is -6.58. The summed E-state index contributed by atoms with van der Waals surface area (Å²) in [5.74, 6) is -1.95. The van der Waals surface area contributed by atoms with Gasteiger partial charge in [-0.1, -0.05) is 36.4 Å². The fraction of sp³-hybridized carbons (Fsp3) is 0.419. The van der Waals surface area contributed by atoms with Crippen LogP contribution in [-0.4, -0.2) is 227 Å². The highest BCUT2D eigenvalue weighted by atomic mass is 31.2. The third-order valence-corrected chi connectivity index (χ3v) is 17.2. The number of aryl methyl sites for hydroxylation is 2. The number of nitrogens with zero attached hydrogens (tertiary/aromatic N) is 14. The van der Waals surface area contributed by atoms with Crippen molar-refractivity contribution in [3.05, 3.63) is 132 Å². The SMILES string of the molecule is COc1cnc(-n2cnc(C)n2)c2c1c(C(=O)C(=O)N1CCN(C(=O)c3ccccc3)CC1)cn2COP(=O)(OC(C)(C)C)OC(C)(C)C.COc1cnc(-n2cnc(C)n2)c2c1c(C(=O)C(=O)N1CCN(C(=O)c3ccccc3)CC1)cn2COP(=O)([O-])O.NC(CO)(CO)CO. The lowest BCUT2D eigenvalue weighted by Gasteiger charge is -2.34. The maximum absolute atomic E-state index is 14.1. The number of aliphatic hydroxyl groups excluding tert-OH is 3. The van der Waals surface area contributed by atoms with Crippen molar-refractivity contribution in [3.8, 4) is 23.1 Å². The topological polar surface area (TPSA) is 432 Å². The number of carbonyl (C=O) groups excluding carboxylic acids is 6. The van der Waals surface area contributed by atoms with Crippen LogP contribution in [0.15, 0.2) is 98.1 Å². The molecular formula is C62H78N15O19P2-. The number of hydrogen-bond donors (Lipinski definition) is 5. The molecule has 10 rings (SSSR count). The third-order valence-electron chi connectivity index (χ3n) is 14.8. The quantitative estimate of drug-likeness (QED) is 0.0392. The van der Waals surface area contributed by atoms with E-state index in [1.165, 1.54) is 80.0 Å². The van der Waals surface area contributed by atoms with Crippen molar-refractivity contribution in [2.75, 3.05) is 86.4 Å². The summed E-state index contributed by atoms with van der Waals surface area (Å²) in [6, 6.07) is 17.7. The molecule has 0 aliphatic carbocycles. The van der Waals surface area contributed by atoms with E-state index < -0.39 is 89.0 Å². The molecule has 2 fully saturated rings. The van der Waals surface area contributed by atoms with Gasteiger partial charge in [0.1, 0.15) is 60.3 Å². The van der Waals surface area contributed by atoms with Crippen LogP contribution < -0.4 is 20.1 Å². The second kappa shape index (κ2) is 31.2. The number of carbonyl (C=O) groups is 6. The Morgan fingerprint density at radius 1 is 0.551 bits per heavy atom. The maximum Gasteiger partial charge on any atom is 0.477 e. The zero-order valence-corrected chi connectivity index (χ0v) is 57.4. The summed E-state index contributed by atoms with van der Waals surface area (Å²) in [5, 5.41) is 34.1. The van der Waals surface area contributed by atoms with Gasteiger partial charge in [-0.2, -0.15) is 10.2 Å². The molecule has 36 heteroatoms. The Hall–Kier alpha value is -9.02. The lowest BCUT2D eigenvalue weighted by molar-refractivity contribution is -0.222. The maximum atomic E-state index is 14.1. The van der Waals surface area contributed by atoms with Crippen LogP contribution in [-0.2, 0) is 50.3 Å². The van der Waals surface area contributed by atoms with E-state index in [1.807, 2.05) is 12.1 Å². The molecule has 2 aliphatic heterocycles. The number of benzene rings is 2. The number of rotatable bonds is 21. The van der Waals surface area contributed by atoms with Crippen molar-refractivity contribution in [2.24, 2.45) is 5.73 Å². The molecule has 8 aromatic rings. The number of phosphoric ester groups is 2. The Morgan fingerprint density at radius 3 is 1.19 bits per heavy atom. The minimum absolute atomic E-state index is 0.00652. The second-order valence-electron chi connectivity index (χ2n) is 24.5. The van der Waals surface area contributed by atoms with Crippen LogP contribution in [0.4, 0.5) is 0 Å². The normalized spacial score (nSPS) is 14.5. The van der Waals surface area contributed by atoms with Crippen LogP contribution in [0.25, 0.3) is 33.4 Å². The van der Waals surface area contributed by atoms with Gasteiger partial charge in [-0.25, -0.2) is 33.9 Å². The Labute approximate surface area is 562 Å². The number of aliphatic hydroxyl groups is 3. The number of Topliss-reactive ketones (excluding diaryl/α,β-unsaturated/α-hetero) is 2. The monoisotopic (exact) mass is 1400 g/mol. The van der Waals surface area contributed by atoms with Gasteiger partial charge in [0.2, 0.25) is 0 Å². The molecule has 0 bridgehead atoms. The molecule has 34 nitrogen and oxygen atoms in total. The van der Waals surface area contributed by atoms with Crippen molar-refractivity contribution in [1.82, 2.24) is 68.2 Å². The van der Waals surface area contributed by atoms with Crippen LogP contribution in [0.3, 0.4) is 0 Å². The highest BCUT2D eigenvalue weighted by Gasteiger charge is 2.40. The van der Waals surface area contributed by atoms with Crippen LogP contribution >= 0.6 is 15.6 Å². The molecule has 1 unspecified atom stereocenters. The smallest absolute Gasteiger partial charge is 0.477 e. The van der Waals surface area contributed by atoms with E-state index in [4.69, 9.17) is 44.1 Å². The van der Waals surface area contributed by atoms with E-state index in [-0.39, 0.29) is 115 Å². The number of nitrogens with two attached hydrogens (primary N) is 1. The van der Waals surface area contributed by atoms with Gasteiger partial charge >= 0.3 is 7.82 Å². The lowest BCUT2D eigenvalue weighted by atomic mass is 10.1. The lowest BCUT2D eigenvalue weighted by Crippen LogP contribution is -2.52. The van der Waals surface area contributed by atoms with Gasteiger partial charge in [0, 0.05) is 75.9 Å². The van der Waals surface area contributed by atoms with Gasteiger partial charge in [-0.05, 0) is 79.7 Å². The molecule has 6 N–H and O–H groups in total. The summed E-state index contributed by atoms with van der Waals surface area (Å²) >= 11 is 0. The van der Waals surface area contributed by atoms with Gasteiger partial charge in [0.25, 0.3) is 43.0 Å². The van der Waals surface area contributed by atoms with Crippen molar-refractivity contribution in [1.29, 1.82) is 0 Å². The molecule has 526 valence electrons. The predicted molar refractivity (Wildman–Crippen MR) is 348 cm³/mol. The van der Waals surface area contributed by atoms with E-state index in [1.54, 1.807) is 114 Å². The van der Waals surface area contributed by atoms with Crippen molar-refractivity contribution < 1.29 is 90.6 Å². The number of hydrogen-bond acceptors (Lipinski definition) is 25. The zero-order valence-electron chi connectivity index (χ0n) is 55.6. The van der Waals surface area contributed by atoms with Gasteiger partial charge in [0.05, 0.1) is 85.1 Å². The molecule has 98 heavy (non-hydrogen) atoms. The minimum Gasteiger partial charge on any atom is -0.756 e. The number of methoxy groups -OCH3 is 2. The number of piperazine rings is 2. The number of phosphoric acid groups is 2. The van der Waals surface area contributed by atoms with Crippen LogP contribution in [0, 0.1) is 13.8 Å². The van der Waals surface area contributed by atoms with Gasteiger partial charge < -0.3 is 69.0 Å². The Morgan fingerprint density at radius 2 is 0.898 bits per heavy atom. The Bertz CT molecular complexity index is 4250. The highest BCUT2D eigenvalue weighted by Crippen LogP contribution is 2.56. The summed E-state index contributed by atoms with van der Waals surface area (Å²) in [5.41, 5.74) is 3.59. The summed E-state index contributed by atoms with van der Waals surface area (Å²) in [4.78, 5) is 124. The summed E-state index contributed by atoms with van der Waals surface area (Å²) in [6.45, 7) is 13.0. The molecule has 0 saturated carbocycles. The third kappa shape index (κ3) is 18.2. The fourth-order valence-electron chi connectivity index (χ4n) is 10.1. The zero-order chi connectivity index (χ0) is 71.7. The first-order valence-corrected chi connectivity index (χ1v) is 33.4. The van der Waals surface area contributed by atoms with E-state index >= 15 is 0 Å². The number of amides is 4. The number of aromatic nitrogens is 10. The molecule has 2 aromatic carbocycles. The molecular weight excluding hydrogens is 1320 g/mol. The molecule has 8 heterocycles. The molecule has 1 atom stereocenters. The average Bonchev–Trinajstić information content (AvgIpc) is 1.59. The van der Waals surface area contributed by atoms with Crippen molar-refractivity contribution in [2.45, 2.75) is 85.6 Å². The van der Waals surface area contributed by atoms with E-state index in [0.717, 1.165) is 0 Å². The van der Waals surface area contributed by atoms with Crippen LogP contribution in [0.1, 0.15) is 94.6 Å². The highest BCUT2D eigenvalue weighted by molar-refractivity contribution is 7.48. The largest absolute Gasteiger partial charge is 0.756 e. The first-order chi connectivity index (χ1) is 46.2. The number of ether oxygens (including phenoxy) is 2. The second-order valence-corrected chi connectivity index (χ2v) is 27.2. The average molecular weight is 1400 g/mol. The van der Waals surface area contributed by atoms with E-state index in [2.05, 4.69) is 34.7 Å². The molecule has 4 amide bonds. The number of ketones is 2. The Balaban J connectivity index is 0.000000227. The van der Waals surface area contributed by atoms with Crippen molar-refractivity contribution in [3.63, 3.8) is 0 Å². The molecule has 0 radical (unpaired) electrons. The summed E-state index contributed by atoms with van der Waals surface area (Å²) < 4.78 is 63.9. The first kappa shape index (κ1) is 74.8. The van der Waals surface area contributed by atoms with Crippen molar-refractivity contribution >= 4 is 72.6 Å². The van der Waals surface area contributed by atoms with Gasteiger partial charge in [0.15, 0.2) is 11.6 Å². The molecule has 0 spiro atoms. The number of fused-ring (bicyclic) bond motifs is 2. The van der Waals surface area contributed by atoms with Crippen LogP contribution in [0.5, 0.6) is 11.5 Å². The minimum atomic E-state index is -5.15. The van der Waals surface area contributed by atoms with E-state index in [0.29, 0.717) is 28.3 Å². The van der Waals surface area contributed by atoms with Gasteiger partial charge in [-0.15, -0.1) is 0 Å². The van der Waals surface area contributed by atoms with Gasteiger partial charge in [-0.3, -0.25) is 51.4 Å². The van der Waals surface area contributed by atoms with E-state index in [9.17, 15) is 47.7 Å².